The molecule has 0 aromatic carbocycles. The summed E-state index contributed by atoms with van der Waals surface area (Å²) in [6.45, 7) is 21.7. The van der Waals surface area contributed by atoms with Crippen LogP contribution in [-0.4, -0.2) is 23.0 Å². The Labute approximate surface area is 115 Å². The Kier molecular flexibility index (Phi) is 4.28. The van der Waals surface area contributed by atoms with Gasteiger partial charge in [-0.05, 0) is 71.3 Å². The molecule has 1 saturated carbocycles. The Bertz CT molecular complexity index is 272. The van der Waals surface area contributed by atoms with Crippen LogP contribution in [0.2, 0.25) is 0 Å². The van der Waals surface area contributed by atoms with Gasteiger partial charge in [0.1, 0.15) is 0 Å². The zero-order valence-electron chi connectivity index (χ0n) is 14.3. The molecule has 18 heavy (non-hydrogen) atoms. The van der Waals surface area contributed by atoms with E-state index in [1.165, 1.54) is 0 Å². The van der Waals surface area contributed by atoms with Crippen molar-refractivity contribution in [1.29, 1.82) is 0 Å². The summed E-state index contributed by atoms with van der Waals surface area (Å²) in [5.41, 5.74) is 0.494. The normalized spacial score (nSPS) is 38.5. The lowest BCUT2D eigenvalue weighted by Crippen LogP contribution is -2.57. The molecule has 0 N–H and O–H groups in total. The minimum absolute atomic E-state index is 0.234. The first-order valence-electron chi connectivity index (χ1n) is 7.66. The highest BCUT2D eigenvalue weighted by molar-refractivity contribution is 5.02. The van der Waals surface area contributed by atoms with Gasteiger partial charge in [-0.15, -0.1) is 0 Å². The SMILES string of the molecule is CC1C(C)C(C)C(C(C)(C)N(C)C(C)(C)C)C1C. The topological polar surface area (TPSA) is 3.24 Å². The maximum Gasteiger partial charge on any atom is 0.0188 e. The van der Waals surface area contributed by atoms with E-state index in [1.807, 2.05) is 0 Å². The van der Waals surface area contributed by atoms with E-state index in [0.717, 1.165) is 29.6 Å². The first-order valence-corrected chi connectivity index (χ1v) is 7.66. The lowest BCUT2D eigenvalue weighted by atomic mass is 9.73. The first-order chi connectivity index (χ1) is 7.92. The number of hydrogen-bond donors (Lipinski definition) is 0. The molecule has 1 aliphatic carbocycles. The van der Waals surface area contributed by atoms with Crippen molar-refractivity contribution in [2.24, 2.45) is 29.6 Å². The van der Waals surface area contributed by atoms with E-state index in [4.69, 9.17) is 0 Å². The minimum atomic E-state index is 0.234. The van der Waals surface area contributed by atoms with Crippen molar-refractivity contribution in [1.82, 2.24) is 4.90 Å². The molecule has 1 nitrogen and oxygen atoms in total. The van der Waals surface area contributed by atoms with Crippen molar-refractivity contribution in [2.75, 3.05) is 7.05 Å². The van der Waals surface area contributed by atoms with E-state index in [2.05, 4.69) is 74.3 Å². The molecule has 0 aromatic heterocycles. The molecule has 0 saturated heterocycles. The lowest BCUT2D eigenvalue weighted by molar-refractivity contribution is -0.0138. The fourth-order valence-electron chi connectivity index (χ4n) is 4.47. The van der Waals surface area contributed by atoms with E-state index in [9.17, 15) is 0 Å². The molecule has 1 heteroatoms. The molecule has 1 fully saturated rings. The summed E-state index contributed by atoms with van der Waals surface area (Å²) in [4.78, 5) is 2.59. The summed E-state index contributed by atoms with van der Waals surface area (Å²) in [6, 6.07) is 0. The van der Waals surface area contributed by atoms with Gasteiger partial charge in [-0.25, -0.2) is 0 Å². The fourth-order valence-corrected chi connectivity index (χ4v) is 4.47. The molecule has 0 radical (unpaired) electrons. The van der Waals surface area contributed by atoms with Gasteiger partial charge < -0.3 is 0 Å². The van der Waals surface area contributed by atoms with Crippen molar-refractivity contribution >= 4 is 0 Å². The molecular formula is C17H35N. The van der Waals surface area contributed by atoms with E-state index in [0.29, 0.717) is 0 Å². The van der Waals surface area contributed by atoms with Crippen molar-refractivity contribution < 1.29 is 0 Å². The molecule has 1 rings (SSSR count). The summed E-state index contributed by atoms with van der Waals surface area (Å²) < 4.78 is 0. The van der Waals surface area contributed by atoms with Gasteiger partial charge in [0.25, 0.3) is 0 Å². The second-order valence-electron chi connectivity index (χ2n) is 8.35. The lowest BCUT2D eigenvalue weighted by Gasteiger charge is -2.50. The van der Waals surface area contributed by atoms with Crippen molar-refractivity contribution in [2.45, 2.75) is 73.4 Å². The molecule has 0 bridgehead atoms. The molecular weight excluding hydrogens is 218 g/mol. The summed E-state index contributed by atoms with van der Waals surface area (Å²) in [7, 11) is 2.30. The largest absolute Gasteiger partial charge is 0.296 e. The van der Waals surface area contributed by atoms with Crippen LogP contribution in [-0.2, 0) is 0 Å². The molecule has 108 valence electrons. The van der Waals surface area contributed by atoms with Crippen LogP contribution in [0.4, 0.5) is 0 Å². The summed E-state index contributed by atoms with van der Waals surface area (Å²) in [5.74, 6) is 4.10. The number of nitrogens with zero attached hydrogens (tertiary/aromatic N) is 1. The van der Waals surface area contributed by atoms with E-state index in [1.54, 1.807) is 0 Å². The molecule has 4 atom stereocenters. The Balaban J connectivity index is 3.05. The van der Waals surface area contributed by atoms with Crippen LogP contribution in [0.15, 0.2) is 0 Å². The maximum atomic E-state index is 2.59. The monoisotopic (exact) mass is 253 g/mol. The molecule has 1 aliphatic rings. The highest BCUT2D eigenvalue weighted by atomic mass is 15.2. The van der Waals surface area contributed by atoms with Crippen LogP contribution in [0.5, 0.6) is 0 Å². The Morgan fingerprint density at radius 2 is 1.00 bits per heavy atom. The van der Waals surface area contributed by atoms with Gasteiger partial charge in [0.05, 0.1) is 0 Å². The van der Waals surface area contributed by atoms with Crippen LogP contribution < -0.4 is 0 Å². The molecule has 0 aromatic rings. The van der Waals surface area contributed by atoms with E-state index in [-0.39, 0.29) is 11.1 Å². The van der Waals surface area contributed by atoms with Gasteiger partial charge in [-0.2, -0.15) is 0 Å². The van der Waals surface area contributed by atoms with E-state index >= 15 is 0 Å². The van der Waals surface area contributed by atoms with Gasteiger partial charge in [-0.1, -0.05) is 27.7 Å². The van der Waals surface area contributed by atoms with Crippen LogP contribution in [0, 0.1) is 29.6 Å². The Morgan fingerprint density at radius 1 is 0.667 bits per heavy atom. The Morgan fingerprint density at radius 3 is 1.28 bits per heavy atom. The summed E-state index contributed by atoms with van der Waals surface area (Å²) in [5, 5.41) is 0. The second-order valence-corrected chi connectivity index (χ2v) is 8.35. The molecule has 0 amide bonds. The van der Waals surface area contributed by atoms with Gasteiger partial charge in [-0.3, -0.25) is 4.90 Å². The highest BCUT2D eigenvalue weighted by Gasteiger charge is 2.51. The standard InChI is InChI=1S/C17H35N/c1-11-12(2)14(4)15(13(11)3)17(8,9)18(10)16(5,6)7/h11-15H,1-10H3. The van der Waals surface area contributed by atoms with Gasteiger partial charge in [0.15, 0.2) is 0 Å². The van der Waals surface area contributed by atoms with Crippen LogP contribution >= 0.6 is 0 Å². The van der Waals surface area contributed by atoms with E-state index < -0.39 is 0 Å². The van der Waals surface area contributed by atoms with Crippen LogP contribution in [0.1, 0.15) is 62.3 Å². The van der Waals surface area contributed by atoms with Crippen molar-refractivity contribution in [3.05, 3.63) is 0 Å². The first kappa shape index (κ1) is 16.0. The molecule has 4 unspecified atom stereocenters. The van der Waals surface area contributed by atoms with Gasteiger partial charge >= 0.3 is 0 Å². The average Bonchev–Trinajstić information content (AvgIpc) is 2.41. The molecule has 0 aliphatic heterocycles. The zero-order valence-corrected chi connectivity index (χ0v) is 14.3. The summed E-state index contributed by atoms with van der Waals surface area (Å²) in [6.07, 6.45) is 0. The van der Waals surface area contributed by atoms with Crippen LogP contribution in [0.25, 0.3) is 0 Å². The molecule has 0 heterocycles. The number of rotatable bonds is 2. The predicted molar refractivity (Wildman–Crippen MR) is 81.7 cm³/mol. The Hall–Kier alpha value is -0.0400. The van der Waals surface area contributed by atoms with Crippen molar-refractivity contribution in [3.8, 4) is 0 Å². The van der Waals surface area contributed by atoms with Gasteiger partial charge in [0, 0.05) is 11.1 Å². The van der Waals surface area contributed by atoms with Crippen molar-refractivity contribution in [3.63, 3.8) is 0 Å². The zero-order chi connectivity index (χ0) is 14.5. The average molecular weight is 253 g/mol. The summed E-state index contributed by atoms with van der Waals surface area (Å²) >= 11 is 0. The third-order valence-corrected chi connectivity index (χ3v) is 6.31. The maximum absolute atomic E-state index is 2.59. The van der Waals surface area contributed by atoms with Crippen LogP contribution in [0.3, 0.4) is 0 Å². The highest BCUT2D eigenvalue weighted by Crippen LogP contribution is 2.51. The third-order valence-electron chi connectivity index (χ3n) is 6.31. The second kappa shape index (κ2) is 4.81. The number of hydrogen-bond acceptors (Lipinski definition) is 1. The smallest absolute Gasteiger partial charge is 0.0188 e. The third kappa shape index (κ3) is 2.48. The van der Waals surface area contributed by atoms with Gasteiger partial charge in [0.2, 0.25) is 0 Å². The quantitative estimate of drug-likeness (QED) is 0.691. The minimum Gasteiger partial charge on any atom is -0.296 e. The molecule has 0 spiro atoms. The predicted octanol–water partition coefficient (Wildman–Crippen LogP) is 4.67. The fraction of sp³-hybridized carbons (Fsp3) is 1.00.